The van der Waals surface area contributed by atoms with E-state index in [0.717, 1.165) is 34.9 Å². The number of benzene rings is 2. The van der Waals surface area contributed by atoms with E-state index in [4.69, 9.17) is 37.4 Å². The Labute approximate surface area is 211 Å². The number of ether oxygens (including phenoxy) is 3. The van der Waals surface area contributed by atoms with Crippen LogP contribution in [0.4, 0.5) is 0 Å². The highest BCUT2D eigenvalue weighted by molar-refractivity contribution is 6.36. The summed E-state index contributed by atoms with van der Waals surface area (Å²) < 4.78 is 17.0. The Morgan fingerprint density at radius 3 is 2.35 bits per heavy atom. The topological polar surface area (TPSA) is 64.4 Å². The second-order valence-electron chi connectivity index (χ2n) is 8.75. The Bertz CT molecular complexity index is 1200. The lowest BCUT2D eigenvalue weighted by Gasteiger charge is -2.17. The molecule has 3 aromatic rings. The third kappa shape index (κ3) is 5.87. The third-order valence-electron chi connectivity index (χ3n) is 6.27. The number of aromatic nitrogens is 1. The summed E-state index contributed by atoms with van der Waals surface area (Å²) in [6, 6.07) is 9.45. The summed E-state index contributed by atoms with van der Waals surface area (Å²) in [4.78, 5) is 4.50. The SMILES string of the molecule is COc1cc(Cc2c(C#N)cnc3cc(OCCCC(C)C(C)C)c(OC)cc23)c(Cl)cc1Cl. The van der Waals surface area contributed by atoms with Gasteiger partial charge < -0.3 is 14.2 Å². The van der Waals surface area contributed by atoms with Gasteiger partial charge in [-0.25, -0.2) is 0 Å². The molecule has 1 atom stereocenters. The number of rotatable bonds is 10. The van der Waals surface area contributed by atoms with Crippen LogP contribution in [-0.2, 0) is 6.42 Å². The molecule has 0 N–H and O–H groups in total. The molecular formula is C27H30Cl2N2O3. The lowest BCUT2D eigenvalue weighted by atomic mass is 9.93. The Morgan fingerprint density at radius 2 is 1.71 bits per heavy atom. The molecule has 0 aliphatic carbocycles. The van der Waals surface area contributed by atoms with E-state index in [1.807, 2.05) is 12.1 Å². The van der Waals surface area contributed by atoms with E-state index in [2.05, 4.69) is 31.8 Å². The van der Waals surface area contributed by atoms with Crippen LogP contribution in [0.15, 0.2) is 30.5 Å². The van der Waals surface area contributed by atoms with Crippen LogP contribution < -0.4 is 14.2 Å². The van der Waals surface area contributed by atoms with Crippen molar-refractivity contribution in [3.63, 3.8) is 0 Å². The molecule has 180 valence electrons. The van der Waals surface area contributed by atoms with Crippen LogP contribution in [0.2, 0.25) is 10.0 Å². The first kappa shape index (κ1) is 25.9. The van der Waals surface area contributed by atoms with Crippen LogP contribution in [0.3, 0.4) is 0 Å². The Balaban J connectivity index is 1.96. The molecule has 3 rings (SSSR count). The molecule has 0 saturated carbocycles. The zero-order valence-electron chi connectivity index (χ0n) is 20.2. The van der Waals surface area contributed by atoms with Crippen LogP contribution in [0.1, 0.15) is 50.3 Å². The third-order valence-corrected chi connectivity index (χ3v) is 6.92. The van der Waals surface area contributed by atoms with Crippen LogP contribution in [-0.4, -0.2) is 25.8 Å². The monoisotopic (exact) mass is 500 g/mol. The zero-order chi connectivity index (χ0) is 24.8. The molecule has 7 heteroatoms. The van der Waals surface area contributed by atoms with Gasteiger partial charge in [-0.05, 0) is 54.0 Å². The normalized spacial score (nSPS) is 12.0. The number of hydrogen-bond acceptors (Lipinski definition) is 5. The van der Waals surface area contributed by atoms with Gasteiger partial charge in [0.2, 0.25) is 0 Å². The molecule has 0 amide bonds. The quantitative estimate of drug-likeness (QED) is 0.270. The Kier molecular flexibility index (Phi) is 8.88. The highest BCUT2D eigenvalue weighted by Gasteiger charge is 2.17. The largest absolute Gasteiger partial charge is 0.495 e. The fraction of sp³-hybridized carbons (Fsp3) is 0.407. The van der Waals surface area contributed by atoms with Crippen molar-refractivity contribution in [3.05, 3.63) is 57.2 Å². The van der Waals surface area contributed by atoms with Crippen LogP contribution in [0.5, 0.6) is 17.2 Å². The minimum Gasteiger partial charge on any atom is -0.495 e. The van der Waals surface area contributed by atoms with Gasteiger partial charge in [0.15, 0.2) is 11.5 Å². The second kappa shape index (κ2) is 11.6. The van der Waals surface area contributed by atoms with Gasteiger partial charge in [-0.15, -0.1) is 0 Å². The predicted molar refractivity (Wildman–Crippen MR) is 138 cm³/mol. The zero-order valence-corrected chi connectivity index (χ0v) is 21.8. The van der Waals surface area contributed by atoms with Crippen LogP contribution in [0.25, 0.3) is 10.9 Å². The molecule has 0 radical (unpaired) electrons. The van der Waals surface area contributed by atoms with E-state index < -0.39 is 0 Å². The molecule has 1 heterocycles. The summed E-state index contributed by atoms with van der Waals surface area (Å²) in [7, 11) is 3.16. The van der Waals surface area contributed by atoms with Gasteiger partial charge in [-0.1, -0.05) is 44.0 Å². The summed E-state index contributed by atoms with van der Waals surface area (Å²) in [5.41, 5.74) is 2.79. The van der Waals surface area contributed by atoms with Gasteiger partial charge in [0.05, 0.1) is 36.9 Å². The summed E-state index contributed by atoms with van der Waals surface area (Å²) in [5, 5.41) is 11.5. The molecule has 1 unspecified atom stereocenters. The van der Waals surface area contributed by atoms with Gasteiger partial charge in [-0.3, -0.25) is 4.98 Å². The fourth-order valence-electron chi connectivity index (χ4n) is 3.79. The minimum absolute atomic E-state index is 0.407. The van der Waals surface area contributed by atoms with E-state index in [1.165, 1.54) is 0 Å². The highest BCUT2D eigenvalue weighted by Crippen LogP contribution is 2.37. The average Bonchev–Trinajstić information content (AvgIpc) is 2.82. The summed E-state index contributed by atoms with van der Waals surface area (Å²) in [5.74, 6) is 3.07. The molecule has 0 bridgehead atoms. The molecule has 0 spiro atoms. The first-order valence-electron chi connectivity index (χ1n) is 11.3. The van der Waals surface area contributed by atoms with Crippen molar-refractivity contribution in [2.75, 3.05) is 20.8 Å². The molecule has 34 heavy (non-hydrogen) atoms. The number of fused-ring (bicyclic) bond motifs is 1. The van der Waals surface area contributed by atoms with E-state index in [-0.39, 0.29) is 0 Å². The first-order valence-corrected chi connectivity index (χ1v) is 12.1. The number of nitriles is 1. The van der Waals surface area contributed by atoms with Crippen molar-refractivity contribution in [2.45, 2.75) is 40.0 Å². The lowest BCUT2D eigenvalue weighted by Crippen LogP contribution is -2.07. The molecule has 2 aromatic carbocycles. The van der Waals surface area contributed by atoms with Gasteiger partial charge in [0, 0.05) is 29.1 Å². The molecule has 0 fully saturated rings. The smallest absolute Gasteiger partial charge is 0.163 e. The number of nitrogens with zero attached hydrogens (tertiary/aromatic N) is 2. The van der Waals surface area contributed by atoms with Gasteiger partial charge in [0.25, 0.3) is 0 Å². The van der Waals surface area contributed by atoms with Crippen molar-refractivity contribution in [3.8, 4) is 23.3 Å². The summed E-state index contributed by atoms with van der Waals surface area (Å²) in [6.07, 6.45) is 4.06. The van der Waals surface area contributed by atoms with E-state index >= 15 is 0 Å². The number of hydrogen-bond donors (Lipinski definition) is 0. The molecule has 0 saturated heterocycles. The highest BCUT2D eigenvalue weighted by atomic mass is 35.5. The van der Waals surface area contributed by atoms with Gasteiger partial charge in [0.1, 0.15) is 11.8 Å². The predicted octanol–water partition coefficient (Wildman–Crippen LogP) is 7.47. The number of methoxy groups -OCH3 is 2. The maximum atomic E-state index is 9.75. The molecular weight excluding hydrogens is 471 g/mol. The maximum Gasteiger partial charge on any atom is 0.163 e. The average molecular weight is 501 g/mol. The van der Waals surface area contributed by atoms with E-state index in [1.54, 1.807) is 32.5 Å². The van der Waals surface area contributed by atoms with Crippen molar-refractivity contribution < 1.29 is 14.2 Å². The number of halogens is 2. The van der Waals surface area contributed by atoms with E-state index in [0.29, 0.717) is 57.7 Å². The van der Waals surface area contributed by atoms with Crippen LogP contribution in [0, 0.1) is 23.2 Å². The standard InChI is InChI=1S/C27H30Cl2N2O3/c1-16(2)17(3)7-6-8-34-27-13-24-21(11-26(27)33-5)20(19(14-30)15-31-24)9-18-10-25(32-4)23(29)12-22(18)28/h10-13,15-17H,6-9H2,1-5H3. The summed E-state index contributed by atoms with van der Waals surface area (Å²) >= 11 is 12.7. The minimum atomic E-state index is 0.407. The molecule has 0 aliphatic heterocycles. The van der Waals surface area contributed by atoms with Gasteiger partial charge >= 0.3 is 0 Å². The molecule has 0 aliphatic rings. The van der Waals surface area contributed by atoms with Crippen molar-refractivity contribution >= 4 is 34.1 Å². The fourth-order valence-corrected chi connectivity index (χ4v) is 4.32. The number of pyridine rings is 1. The second-order valence-corrected chi connectivity index (χ2v) is 9.56. The lowest BCUT2D eigenvalue weighted by molar-refractivity contribution is 0.267. The van der Waals surface area contributed by atoms with Crippen molar-refractivity contribution in [2.24, 2.45) is 11.8 Å². The molecule has 5 nitrogen and oxygen atoms in total. The van der Waals surface area contributed by atoms with Crippen LogP contribution >= 0.6 is 23.2 Å². The molecule has 1 aromatic heterocycles. The van der Waals surface area contributed by atoms with Gasteiger partial charge in [-0.2, -0.15) is 5.26 Å². The van der Waals surface area contributed by atoms with E-state index in [9.17, 15) is 5.26 Å². The Hall–Kier alpha value is -2.68. The summed E-state index contributed by atoms with van der Waals surface area (Å²) in [6.45, 7) is 7.35. The van der Waals surface area contributed by atoms with Crippen molar-refractivity contribution in [1.29, 1.82) is 5.26 Å². The van der Waals surface area contributed by atoms with Crippen molar-refractivity contribution in [1.82, 2.24) is 4.98 Å². The first-order chi connectivity index (χ1) is 16.3. The maximum absolute atomic E-state index is 9.75. The Morgan fingerprint density at radius 1 is 0.971 bits per heavy atom.